The number of anilines is 1. The minimum Gasteiger partial charge on any atom is -0.353 e. The van der Waals surface area contributed by atoms with E-state index >= 15 is 0 Å². The normalized spacial score (nSPS) is 24.9. The summed E-state index contributed by atoms with van der Waals surface area (Å²) in [5, 5.41) is 3.10. The third kappa shape index (κ3) is 3.15. The Hall–Kier alpha value is -2.48. The zero-order valence-electron chi connectivity index (χ0n) is 15.2. The minimum absolute atomic E-state index is 0.0265. The third-order valence-corrected chi connectivity index (χ3v) is 6.32. The van der Waals surface area contributed by atoms with Gasteiger partial charge in [0.2, 0.25) is 5.28 Å². The highest BCUT2D eigenvalue weighted by Crippen LogP contribution is 2.54. The van der Waals surface area contributed by atoms with Crippen molar-refractivity contribution in [3.05, 3.63) is 46.9 Å². The third-order valence-electron chi connectivity index (χ3n) is 6.14. The molecule has 3 aliphatic rings. The van der Waals surface area contributed by atoms with Gasteiger partial charge in [-0.25, -0.2) is 14.2 Å². The molecule has 1 aliphatic carbocycles. The van der Waals surface area contributed by atoms with Crippen molar-refractivity contribution >= 4 is 23.4 Å². The molecule has 4 heterocycles. The highest BCUT2D eigenvalue weighted by molar-refractivity contribution is 6.28. The Labute approximate surface area is 166 Å². The number of rotatable bonds is 4. The highest BCUT2D eigenvalue weighted by atomic mass is 35.5. The molecule has 1 saturated heterocycles. The van der Waals surface area contributed by atoms with Crippen molar-refractivity contribution in [2.75, 3.05) is 24.5 Å². The first-order valence-corrected chi connectivity index (χ1v) is 9.85. The summed E-state index contributed by atoms with van der Waals surface area (Å²) in [6, 6.07) is 1.94. The minimum atomic E-state index is -0.434. The van der Waals surface area contributed by atoms with E-state index < -0.39 is 5.82 Å². The maximum atomic E-state index is 13.9. The van der Waals surface area contributed by atoms with E-state index in [1.165, 1.54) is 5.56 Å². The molecule has 0 bridgehead atoms. The number of nitrogens with one attached hydrogen (secondary N) is 1. The van der Waals surface area contributed by atoms with Gasteiger partial charge >= 0.3 is 6.03 Å². The maximum Gasteiger partial charge on any atom is 0.318 e. The first-order chi connectivity index (χ1) is 13.6. The number of piperidine rings is 1. The van der Waals surface area contributed by atoms with Crippen molar-refractivity contribution < 1.29 is 9.18 Å². The van der Waals surface area contributed by atoms with E-state index in [2.05, 4.69) is 20.3 Å². The van der Waals surface area contributed by atoms with Crippen LogP contribution in [-0.4, -0.2) is 45.5 Å². The number of aromatic nitrogens is 3. The van der Waals surface area contributed by atoms with Crippen molar-refractivity contribution in [1.82, 2.24) is 25.2 Å². The van der Waals surface area contributed by atoms with Crippen LogP contribution in [-0.2, 0) is 13.1 Å². The van der Waals surface area contributed by atoms with Crippen LogP contribution in [0.3, 0.4) is 0 Å². The Kier molecular flexibility index (Phi) is 4.30. The van der Waals surface area contributed by atoms with Crippen LogP contribution < -0.4 is 10.2 Å². The molecular formula is C19H20ClFN6O. The lowest BCUT2D eigenvalue weighted by Crippen LogP contribution is -2.37. The predicted octanol–water partition coefficient (Wildman–Crippen LogP) is 2.46. The smallest absolute Gasteiger partial charge is 0.318 e. The molecule has 1 N–H and O–H groups in total. The zero-order valence-corrected chi connectivity index (χ0v) is 15.9. The number of nitrogens with zero attached hydrogens (tertiary/aromatic N) is 5. The standard InChI is InChI=1S/C19H20ClFN6O/c20-18-24-6-16(21)17(25-18)26-9-14-13(15(14)10-26)2-4-23-19(28)27-7-11-1-3-22-5-12(11)8-27/h1,3,5-6,13-15H,2,4,7-10H2,(H,23,28). The number of carbonyl (C=O) groups is 1. The van der Waals surface area contributed by atoms with Crippen molar-refractivity contribution in [1.29, 1.82) is 0 Å². The molecule has 146 valence electrons. The highest BCUT2D eigenvalue weighted by Gasteiger charge is 2.55. The van der Waals surface area contributed by atoms with Crippen molar-refractivity contribution in [3.8, 4) is 0 Å². The van der Waals surface area contributed by atoms with Crippen molar-refractivity contribution in [3.63, 3.8) is 0 Å². The van der Waals surface area contributed by atoms with E-state index in [9.17, 15) is 9.18 Å². The fourth-order valence-corrected chi connectivity index (χ4v) is 4.76. The van der Waals surface area contributed by atoms with E-state index in [0.29, 0.717) is 43.2 Å². The quantitative estimate of drug-likeness (QED) is 0.795. The fraction of sp³-hybridized carbons (Fsp3) is 0.474. The van der Waals surface area contributed by atoms with Crippen LogP contribution in [0.15, 0.2) is 24.7 Å². The van der Waals surface area contributed by atoms with Crippen LogP contribution in [0.4, 0.5) is 15.0 Å². The number of hydrogen-bond acceptors (Lipinski definition) is 5. The van der Waals surface area contributed by atoms with Gasteiger partial charge in [0.05, 0.1) is 6.20 Å². The second-order valence-electron chi connectivity index (χ2n) is 7.73. The molecule has 9 heteroatoms. The molecular weight excluding hydrogens is 383 g/mol. The lowest BCUT2D eigenvalue weighted by Gasteiger charge is -2.21. The summed E-state index contributed by atoms with van der Waals surface area (Å²) in [6.45, 7) is 3.48. The summed E-state index contributed by atoms with van der Waals surface area (Å²) in [6.07, 6.45) is 5.66. The Morgan fingerprint density at radius 3 is 2.82 bits per heavy atom. The summed E-state index contributed by atoms with van der Waals surface area (Å²) in [5.41, 5.74) is 2.28. The second kappa shape index (κ2) is 6.84. The summed E-state index contributed by atoms with van der Waals surface area (Å²) in [5.74, 6) is 1.51. The summed E-state index contributed by atoms with van der Waals surface area (Å²) < 4.78 is 13.9. The Balaban J connectivity index is 1.07. The summed E-state index contributed by atoms with van der Waals surface area (Å²) in [4.78, 5) is 27.9. The number of amides is 2. The molecule has 1 saturated carbocycles. The number of halogens is 2. The van der Waals surface area contributed by atoms with E-state index in [-0.39, 0.29) is 11.3 Å². The van der Waals surface area contributed by atoms with Crippen LogP contribution in [0.25, 0.3) is 0 Å². The molecule has 0 radical (unpaired) electrons. The van der Waals surface area contributed by atoms with Gasteiger partial charge in [-0.15, -0.1) is 0 Å². The van der Waals surface area contributed by atoms with Crippen molar-refractivity contribution in [2.45, 2.75) is 19.5 Å². The topological polar surface area (TPSA) is 74.2 Å². The molecule has 2 aliphatic heterocycles. The van der Waals surface area contributed by atoms with Gasteiger partial charge in [0.25, 0.3) is 0 Å². The molecule has 2 unspecified atom stereocenters. The Bertz CT molecular complexity index is 890. The molecule has 28 heavy (non-hydrogen) atoms. The lowest BCUT2D eigenvalue weighted by atomic mass is 10.2. The number of fused-ring (bicyclic) bond motifs is 2. The molecule has 2 amide bonds. The van der Waals surface area contributed by atoms with Gasteiger partial charge in [-0.2, -0.15) is 4.98 Å². The van der Waals surface area contributed by atoms with Crippen LogP contribution in [0.2, 0.25) is 5.28 Å². The zero-order chi connectivity index (χ0) is 19.3. The monoisotopic (exact) mass is 402 g/mol. The summed E-state index contributed by atoms with van der Waals surface area (Å²) in [7, 11) is 0. The molecule has 2 fully saturated rings. The number of hydrogen-bond donors (Lipinski definition) is 1. The fourth-order valence-electron chi connectivity index (χ4n) is 4.63. The van der Waals surface area contributed by atoms with Gasteiger partial charge in [0.1, 0.15) is 0 Å². The maximum absolute atomic E-state index is 13.9. The van der Waals surface area contributed by atoms with E-state index in [4.69, 9.17) is 11.6 Å². The van der Waals surface area contributed by atoms with Crippen LogP contribution in [0, 0.1) is 23.6 Å². The summed E-state index contributed by atoms with van der Waals surface area (Å²) >= 11 is 5.79. The average molecular weight is 403 g/mol. The van der Waals surface area contributed by atoms with Crippen LogP contribution >= 0.6 is 11.6 Å². The lowest BCUT2D eigenvalue weighted by molar-refractivity contribution is 0.198. The molecule has 0 spiro atoms. The second-order valence-corrected chi connectivity index (χ2v) is 8.07. The first-order valence-electron chi connectivity index (χ1n) is 9.47. The Morgan fingerprint density at radius 2 is 2.04 bits per heavy atom. The van der Waals surface area contributed by atoms with Gasteiger partial charge in [-0.3, -0.25) is 4.98 Å². The number of carbonyl (C=O) groups excluding carboxylic acids is 1. The predicted molar refractivity (Wildman–Crippen MR) is 101 cm³/mol. The van der Waals surface area contributed by atoms with E-state index in [1.807, 2.05) is 22.1 Å². The van der Waals surface area contributed by atoms with Crippen molar-refractivity contribution in [2.24, 2.45) is 17.8 Å². The number of urea groups is 1. The Morgan fingerprint density at radius 1 is 1.25 bits per heavy atom. The molecule has 5 rings (SSSR count). The van der Waals surface area contributed by atoms with E-state index in [0.717, 1.165) is 31.3 Å². The first kappa shape index (κ1) is 17.6. The largest absolute Gasteiger partial charge is 0.353 e. The van der Waals surface area contributed by atoms with Crippen LogP contribution in [0.5, 0.6) is 0 Å². The van der Waals surface area contributed by atoms with Gasteiger partial charge in [-0.05, 0) is 53.0 Å². The SMILES string of the molecule is O=C(NCCC1C2CN(c3nc(Cl)ncc3F)CC12)N1Cc2ccncc2C1. The van der Waals surface area contributed by atoms with Gasteiger partial charge in [0.15, 0.2) is 11.6 Å². The molecule has 2 aromatic heterocycles. The van der Waals surface area contributed by atoms with Gasteiger partial charge in [-0.1, -0.05) is 0 Å². The molecule has 7 nitrogen and oxygen atoms in total. The average Bonchev–Trinajstić information content (AvgIpc) is 3.05. The molecule has 2 atom stereocenters. The van der Waals surface area contributed by atoms with E-state index in [1.54, 1.807) is 6.20 Å². The number of pyridine rings is 1. The molecule has 2 aromatic rings. The molecule has 0 aromatic carbocycles. The van der Waals surface area contributed by atoms with Gasteiger partial charge < -0.3 is 15.1 Å². The van der Waals surface area contributed by atoms with Crippen LogP contribution in [0.1, 0.15) is 17.5 Å². The van der Waals surface area contributed by atoms with Gasteiger partial charge in [0, 0.05) is 45.1 Å².